The highest BCUT2D eigenvalue weighted by atomic mass is 32.2. The molecule has 0 aliphatic heterocycles. The third kappa shape index (κ3) is 8.09. The van der Waals surface area contributed by atoms with Crippen molar-refractivity contribution in [2.45, 2.75) is 89.6 Å². The molecule has 0 aromatic heterocycles. The van der Waals surface area contributed by atoms with Gasteiger partial charge in [-0.15, -0.1) is 0 Å². The van der Waals surface area contributed by atoms with E-state index in [0.717, 1.165) is 5.56 Å². The minimum Gasteiger partial charge on any atom is -0.282 e. The highest BCUT2D eigenvalue weighted by molar-refractivity contribution is 7.85. The van der Waals surface area contributed by atoms with Gasteiger partial charge >= 0.3 is 0 Å². The third-order valence-corrected chi connectivity index (χ3v) is 8.22. The Balaban J connectivity index is 0.000000446. The van der Waals surface area contributed by atoms with Crippen molar-refractivity contribution in [3.8, 4) is 0 Å². The van der Waals surface area contributed by atoms with Crippen molar-refractivity contribution in [1.82, 2.24) is 0 Å². The molecule has 0 saturated carbocycles. The van der Waals surface area contributed by atoms with E-state index in [1.54, 1.807) is 12.1 Å². The molecule has 0 fully saturated rings. The first-order valence-electron chi connectivity index (χ1n) is 8.21. The van der Waals surface area contributed by atoms with Crippen molar-refractivity contribution >= 4 is 18.0 Å². The molecule has 5 heteroatoms. The van der Waals surface area contributed by atoms with Gasteiger partial charge in [-0.3, -0.25) is 4.55 Å². The van der Waals surface area contributed by atoms with E-state index in [4.69, 9.17) is 4.55 Å². The summed E-state index contributed by atoms with van der Waals surface area (Å²) in [5.41, 5.74) is 0.956. The average molecular weight is 375 g/mol. The molecule has 0 unspecified atom stereocenters. The minimum absolute atomic E-state index is 0.0162. The van der Waals surface area contributed by atoms with Crippen molar-refractivity contribution in [3.63, 3.8) is 0 Å². The van der Waals surface area contributed by atoms with Gasteiger partial charge < -0.3 is 0 Å². The summed E-state index contributed by atoms with van der Waals surface area (Å²) in [5.74, 6) is 0. The molecule has 0 heterocycles. The highest BCUT2D eigenvalue weighted by Gasteiger charge is 2.41. The Morgan fingerprint density at radius 1 is 0.750 bits per heavy atom. The van der Waals surface area contributed by atoms with Crippen molar-refractivity contribution in [1.29, 1.82) is 0 Å². The summed E-state index contributed by atoms with van der Waals surface area (Å²) in [6.07, 6.45) is 0. The van der Waals surface area contributed by atoms with Crippen molar-refractivity contribution in [3.05, 3.63) is 29.8 Å². The van der Waals surface area contributed by atoms with Crippen LogP contribution in [0, 0.1) is 6.92 Å². The van der Waals surface area contributed by atoms with E-state index in [1.165, 1.54) is 12.1 Å². The molecule has 140 valence electrons. The lowest BCUT2D eigenvalue weighted by atomic mass is 10.2. The zero-order valence-electron chi connectivity index (χ0n) is 16.9. The van der Waals surface area contributed by atoms with Crippen LogP contribution < -0.4 is 0 Å². The molecule has 1 aromatic rings. The maximum atomic E-state index is 10.5. The van der Waals surface area contributed by atoms with Gasteiger partial charge in [-0.2, -0.15) is 8.42 Å². The molecule has 0 aliphatic rings. The monoisotopic (exact) mass is 374 g/mol. The van der Waals surface area contributed by atoms with Gasteiger partial charge in [0.15, 0.2) is 0 Å². The Morgan fingerprint density at radius 2 is 1.04 bits per heavy atom. The third-order valence-electron chi connectivity index (χ3n) is 3.33. The number of hydrogen-bond donors (Lipinski definition) is 1. The van der Waals surface area contributed by atoms with E-state index in [9.17, 15) is 8.42 Å². The lowest BCUT2D eigenvalue weighted by Crippen LogP contribution is -2.34. The molecule has 3 nitrogen and oxygen atoms in total. The van der Waals surface area contributed by atoms with Gasteiger partial charge in [0.05, 0.1) is 4.90 Å². The van der Waals surface area contributed by atoms with Crippen LogP contribution in [0.2, 0.25) is 0 Å². The number of aryl methyl sites for hydroxylation is 1. The van der Waals surface area contributed by atoms with E-state index < -0.39 is 10.1 Å². The zero-order valence-corrected chi connectivity index (χ0v) is 18.6. The second-order valence-electron chi connectivity index (χ2n) is 9.14. The predicted octanol–water partition coefficient (Wildman–Crippen LogP) is 6.11. The molecule has 1 N–H and O–H groups in total. The summed E-state index contributed by atoms with van der Waals surface area (Å²) in [7, 11) is -4.00. The van der Waals surface area contributed by atoms with Crippen LogP contribution in [0.25, 0.3) is 0 Å². The van der Waals surface area contributed by atoms with E-state index in [1.807, 2.05) is 6.92 Å². The fourth-order valence-corrected chi connectivity index (χ4v) is 10.2. The summed E-state index contributed by atoms with van der Waals surface area (Å²) in [4.78, 5) is -0.0666. The fraction of sp³-hybridized carbons (Fsp3) is 0.684. The lowest BCUT2D eigenvalue weighted by Gasteiger charge is -2.49. The first-order chi connectivity index (χ1) is 10.4. The minimum atomic E-state index is -4.02. The number of hydrogen-bond acceptors (Lipinski definition) is 2. The van der Waals surface area contributed by atoms with Gasteiger partial charge in [-0.1, -0.05) is 87.9 Å². The fourth-order valence-electron chi connectivity index (χ4n) is 3.73. The van der Waals surface area contributed by atoms with E-state index in [-0.39, 0.29) is 12.8 Å². The Hall–Kier alpha value is -0.440. The maximum absolute atomic E-state index is 10.5. The number of benzene rings is 1. The van der Waals surface area contributed by atoms with Crippen molar-refractivity contribution in [2.24, 2.45) is 0 Å². The summed E-state index contributed by atoms with van der Waals surface area (Å²) in [6.45, 7) is 23.3. The number of rotatable bonds is 1. The highest BCUT2D eigenvalue weighted by Crippen LogP contribution is 2.66. The average Bonchev–Trinajstić information content (AvgIpc) is 2.21. The maximum Gasteiger partial charge on any atom is 0.294 e. The Labute approximate surface area is 150 Å². The van der Waals surface area contributed by atoms with Gasteiger partial charge in [-0.05, 0) is 34.5 Å². The van der Waals surface area contributed by atoms with Crippen LogP contribution in [0.4, 0.5) is 0 Å². The van der Waals surface area contributed by atoms with Crippen LogP contribution >= 0.6 is 7.92 Å². The Morgan fingerprint density at radius 3 is 1.21 bits per heavy atom. The Bertz CT molecular complexity index is 579. The summed E-state index contributed by atoms with van der Waals surface area (Å²) in [5, 5.41) is 1.35. The lowest BCUT2D eigenvalue weighted by molar-refractivity contribution is 0.483. The Kier molecular flexibility index (Phi) is 7.70. The van der Waals surface area contributed by atoms with Gasteiger partial charge in [0.1, 0.15) is 0 Å². The first-order valence-corrected chi connectivity index (χ1v) is 11.0. The molecule has 0 radical (unpaired) electrons. The van der Waals surface area contributed by atoms with E-state index in [0.29, 0.717) is 15.5 Å². The van der Waals surface area contributed by atoms with E-state index >= 15 is 0 Å². The van der Waals surface area contributed by atoms with Crippen LogP contribution in [0.3, 0.4) is 0 Å². The predicted molar refractivity (Wildman–Crippen MR) is 107 cm³/mol. The van der Waals surface area contributed by atoms with Crippen LogP contribution in [0.5, 0.6) is 0 Å². The molecule has 24 heavy (non-hydrogen) atoms. The smallest absolute Gasteiger partial charge is 0.282 e. The van der Waals surface area contributed by atoms with Gasteiger partial charge in [0, 0.05) is 0 Å². The molecule has 0 saturated heterocycles. The molecule has 0 aliphatic carbocycles. The van der Waals surface area contributed by atoms with Gasteiger partial charge in [-0.25, -0.2) is 0 Å². The zero-order chi connectivity index (χ0) is 19.6. The molecular weight excluding hydrogens is 339 g/mol. The first kappa shape index (κ1) is 23.6. The van der Waals surface area contributed by atoms with Crippen molar-refractivity contribution < 1.29 is 13.0 Å². The topological polar surface area (TPSA) is 54.4 Å². The quantitative estimate of drug-likeness (QED) is 0.477. The van der Waals surface area contributed by atoms with Crippen LogP contribution in [-0.4, -0.2) is 28.4 Å². The molecule has 1 rings (SSSR count). The van der Waals surface area contributed by atoms with Gasteiger partial charge in [0.2, 0.25) is 0 Å². The standard InChI is InChI=1S/C12H27P.C7H8O3S/c1-10(2,3)13(11(4,5)6)12(7,8)9;1-6-2-4-7(5-3-6)11(8,9)10/h1-9H3;2-5H,1H3,(H,8,9,10). The molecular formula is C19H35O3PS. The van der Waals surface area contributed by atoms with E-state index in [2.05, 4.69) is 62.3 Å². The second kappa shape index (κ2) is 7.85. The molecule has 0 atom stereocenters. The second-order valence-corrected chi connectivity index (χ2v) is 15.3. The molecule has 1 aromatic carbocycles. The summed E-state index contributed by atoms with van der Waals surface area (Å²) < 4.78 is 29.6. The summed E-state index contributed by atoms with van der Waals surface area (Å²) in [6, 6.07) is 5.99. The largest absolute Gasteiger partial charge is 0.294 e. The van der Waals surface area contributed by atoms with Crippen LogP contribution in [0.1, 0.15) is 67.9 Å². The SMILES string of the molecule is CC(C)(C)P(C(C)(C)C)C(C)(C)C.Cc1ccc(S(=O)(=O)O)cc1. The van der Waals surface area contributed by atoms with Crippen LogP contribution in [0.15, 0.2) is 29.2 Å². The van der Waals surface area contributed by atoms with Crippen LogP contribution in [-0.2, 0) is 10.1 Å². The summed E-state index contributed by atoms with van der Waals surface area (Å²) >= 11 is 0. The molecule has 0 spiro atoms. The molecule has 0 amide bonds. The normalized spacial score (nSPS) is 13.5. The van der Waals surface area contributed by atoms with Gasteiger partial charge in [0.25, 0.3) is 10.1 Å². The van der Waals surface area contributed by atoms with Crippen molar-refractivity contribution in [2.75, 3.05) is 0 Å². The molecule has 0 bridgehead atoms.